The zero-order chi connectivity index (χ0) is 12.4. The fourth-order valence-electron chi connectivity index (χ4n) is 1.81. The fourth-order valence-corrected chi connectivity index (χ4v) is 2.13. The molecule has 0 fully saturated rings. The van der Waals surface area contributed by atoms with E-state index in [0.29, 0.717) is 5.75 Å². The molecule has 90 valence electrons. The number of hydrogen-bond donors (Lipinski definition) is 1. The van der Waals surface area contributed by atoms with Crippen LogP contribution in [-0.2, 0) is 11.0 Å². The van der Waals surface area contributed by atoms with Crippen LogP contribution in [0.5, 0.6) is 5.75 Å². The summed E-state index contributed by atoms with van der Waals surface area (Å²) in [5.41, 5.74) is 1.02. The van der Waals surface area contributed by atoms with Gasteiger partial charge >= 0.3 is 0 Å². The Bertz CT molecular complexity index is 612. The summed E-state index contributed by atoms with van der Waals surface area (Å²) >= 11 is 0. The Kier molecular flexibility index (Phi) is 3.19. The van der Waals surface area contributed by atoms with Crippen molar-refractivity contribution >= 4 is 27.4 Å². The molecule has 0 aliphatic carbocycles. The topological polar surface area (TPSA) is 46.6 Å². The summed E-state index contributed by atoms with van der Waals surface area (Å²) in [6, 6.07) is 11.1. The van der Waals surface area contributed by atoms with Gasteiger partial charge in [0.15, 0.2) is 0 Å². The lowest BCUT2D eigenvalue weighted by molar-refractivity contribution is 0.513. The average molecular weight is 251 g/mol. The maximum atomic E-state index is 10.6. The number of thiol groups is 1. The summed E-state index contributed by atoms with van der Waals surface area (Å²) in [6.45, 7) is 0. The molecule has 0 N–H and O–H groups in total. The minimum atomic E-state index is -2.89. The molecule has 0 aliphatic heterocycles. The van der Waals surface area contributed by atoms with E-state index in [1.54, 1.807) is 12.1 Å². The molecule has 0 heterocycles. The van der Waals surface area contributed by atoms with E-state index in [-0.39, 0.29) is 0 Å². The normalized spacial score (nSPS) is 10.8. The van der Waals surface area contributed by atoms with E-state index in [1.165, 1.54) is 0 Å². The maximum Gasteiger partial charge on any atom is 0.299 e. The Morgan fingerprint density at radius 3 is 2.29 bits per heavy atom. The van der Waals surface area contributed by atoms with E-state index in [4.69, 9.17) is 4.18 Å². The van der Waals surface area contributed by atoms with Crippen molar-refractivity contribution in [3.63, 3.8) is 0 Å². The molecule has 0 radical (unpaired) electrons. The molecular formula is C12H13NO3S. The van der Waals surface area contributed by atoms with Crippen LogP contribution in [0, 0.1) is 0 Å². The highest BCUT2D eigenvalue weighted by Crippen LogP contribution is 2.31. The molecule has 2 rings (SSSR count). The number of nitrogens with zero attached hydrogens (tertiary/aromatic N) is 1. The molecule has 2 aromatic rings. The monoisotopic (exact) mass is 251 g/mol. The van der Waals surface area contributed by atoms with Crippen molar-refractivity contribution in [3.05, 3.63) is 36.4 Å². The van der Waals surface area contributed by atoms with Gasteiger partial charge in [-0.25, -0.2) is 0 Å². The Hall–Kier alpha value is -1.75. The first-order valence-corrected chi connectivity index (χ1v) is 6.20. The smallest absolute Gasteiger partial charge is 0.299 e. The molecule has 0 saturated carbocycles. The quantitative estimate of drug-likeness (QED) is 0.845. The summed E-state index contributed by atoms with van der Waals surface area (Å²) in [7, 11) is 0.993. The predicted octanol–water partition coefficient (Wildman–Crippen LogP) is 1.81. The molecule has 0 bridgehead atoms. The van der Waals surface area contributed by atoms with Gasteiger partial charge < -0.3 is 9.08 Å². The van der Waals surface area contributed by atoms with Crippen LogP contribution in [0.25, 0.3) is 10.8 Å². The molecule has 0 aromatic heterocycles. The largest absolute Gasteiger partial charge is 0.384 e. The van der Waals surface area contributed by atoms with Crippen LogP contribution < -0.4 is 9.08 Å². The third-order valence-corrected chi connectivity index (χ3v) is 2.86. The highest BCUT2D eigenvalue weighted by Gasteiger charge is 2.07. The second-order valence-electron chi connectivity index (χ2n) is 3.84. The van der Waals surface area contributed by atoms with Gasteiger partial charge in [-0.1, -0.05) is 24.3 Å². The molecule has 0 saturated heterocycles. The molecule has 0 spiro atoms. The SMILES string of the molecule is CN(C)c1cccc2c(O[SH](=O)=O)cccc12. The van der Waals surface area contributed by atoms with Gasteiger partial charge in [0.25, 0.3) is 11.0 Å². The standard InChI is InChI=1S/C12H13NO3S/c1-13(2)11-7-3-6-10-9(11)5-4-8-12(10)16-17(14)15/h3-8,17H,1-2H3. The summed E-state index contributed by atoms with van der Waals surface area (Å²) < 4.78 is 26.1. The summed E-state index contributed by atoms with van der Waals surface area (Å²) in [6.07, 6.45) is 0. The Labute approximate surface area is 102 Å². The van der Waals surface area contributed by atoms with Crippen LogP contribution in [0.1, 0.15) is 0 Å². The molecule has 17 heavy (non-hydrogen) atoms. The van der Waals surface area contributed by atoms with E-state index in [0.717, 1.165) is 16.5 Å². The molecule has 4 nitrogen and oxygen atoms in total. The van der Waals surface area contributed by atoms with Gasteiger partial charge in [0.2, 0.25) is 0 Å². The van der Waals surface area contributed by atoms with Gasteiger partial charge in [-0.2, -0.15) is 8.42 Å². The van der Waals surface area contributed by atoms with Crippen LogP contribution in [0.4, 0.5) is 5.69 Å². The fraction of sp³-hybridized carbons (Fsp3) is 0.167. The first-order valence-electron chi connectivity index (χ1n) is 5.11. The molecule has 0 amide bonds. The molecule has 0 aliphatic rings. The van der Waals surface area contributed by atoms with Gasteiger partial charge in [-0.15, -0.1) is 0 Å². The van der Waals surface area contributed by atoms with Crippen LogP contribution in [0.3, 0.4) is 0 Å². The van der Waals surface area contributed by atoms with Crippen molar-refractivity contribution in [2.75, 3.05) is 19.0 Å². The highest BCUT2D eigenvalue weighted by molar-refractivity contribution is 7.67. The first kappa shape index (κ1) is 11.7. The van der Waals surface area contributed by atoms with Crippen LogP contribution >= 0.6 is 0 Å². The summed E-state index contributed by atoms with van der Waals surface area (Å²) in [5.74, 6) is 0.363. The van der Waals surface area contributed by atoms with Crippen LogP contribution in [0.15, 0.2) is 36.4 Å². The van der Waals surface area contributed by atoms with Gasteiger partial charge in [-0.3, -0.25) is 0 Å². The van der Waals surface area contributed by atoms with E-state index >= 15 is 0 Å². The minimum absolute atomic E-state index is 0.363. The molecule has 5 heteroatoms. The minimum Gasteiger partial charge on any atom is -0.384 e. The van der Waals surface area contributed by atoms with Crippen molar-refractivity contribution in [3.8, 4) is 5.75 Å². The third kappa shape index (κ3) is 2.34. The van der Waals surface area contributed by atoms with Gasteiger partial charge in [0, 0.05) is 30.6 Å². The molecular weight excluding hydrogens is 238 g/mol. The van der Waals surface area contributed by atoms with Gasteiger partial charge in [-0.05, 0) is 12.1 Å². The molecule has 2 aromatic carbocycles. The number of fused-ring (bicyclic) bond motifs is 1. The number of anilines is 1. The van der Waals surface area contributed by atoms with Gasteiger partial charge in [0.05, 0.1) is 0 Å². The first-order chi connectivity index (χ1) is 8.09. The number of rotatable bonds is 3. The van der Waals surface area contributed by atoms with Crippen LogP contribution in [0.2, 0.25) is 0 Å². The summed E-state index contributed by atoms with van der Waals surface area (Å²) in [4.78, 5) is 1.98. The maximum absolute atomic E-state index is 10.6. The van der Waals surface area contributed by atoms with Crippen molar-refractivity contribution < 1.29 is 12.6 Å². The zero-order valence-electron chi connectivity index (χ0n) is 9.58. The summed E-state index contributed by atoms with van der Waals surface area (Å²) in [5, 5.41) is 1.75. The van der Waals surface area contributed by atoms with Crippen molar-refractivity contribution in [1.29, 1.82) is 0 Å². The van der Waals surface area contributed by atoms with E-state index in [1.807, 2.05) is 43.3 Å². The second-order valence-corrected chi connectivity index (χ2v) is 4.47. The lowest BCUT2D eigenvalue weighted by Crippen LogP contribution is -2.08. The molecule has 0 unspecified atom stereocenters. The van der Waals surface area contributed by atoms with Gasteiger partial charge in [0.1, 0.15) is 5.75 Å². The van der Waals surface area contributed by atoms with Crippen LogP contribution in [-0.4, -0.2) is 22.5 Å². The van der Waals surface area contributed by atoms with Crippen molar-refractivity contribution in [2.45, 2.75) is 0 Å². The zero-order valence-corrected chi connectivity index (χ0v) is 10.5. The van der Waals surface area contributed by atoms with E-state index < -0.39 is 11.0 Å². The second kappa shape index (κ2) is 4.63. The Morgan fingerprint density at radius 1 is 1.00 bits per heavy atom. The lowest BCUT2D eigenvalue weighted by Gasteiger charge is -2.16. The number of benzene rings is 2. The Balaban J connectivity index is 2.69. The van der Waals surface area contributed by atoms with E-state index in [9.17, 15) is 8.42 Å². The third-order valence-electron chi connectivity index (χ3n) is 2.51. The highest BCUT2D eigenvalue weighted by atomic mass is 32.2. The molecule has 0 atom stereocenters. The average Bonchev–Trinajstić information content (AvgIpc) is 2.28. The predicted molar refractivity (Wildman–Crippen MR) is 69.2 cm³/mol. The van der Waals surface area contributed by atoms with E-state index in [2.05, 4.69) is 0 Å². The Morgan fingerprint density at radius 2 is 1.65 bits per heavy atom. The number of hydrogen-bond acceptors (Lipinski definition) is 4. The van der Waals surface area contributed by atoms with Crippen molar-refractivity contribution in [1.82, 2.24) is 0 Å². The lowest BCUT2D eigenvalue weighted by atomic mass is 10.1. The van der Waals surface area contributed by atoms with Crippen molar-refractivity contribution in [2.24, 2.45) is 0 Å².